The second-order valence-corrected chi connectivity index (χ2v) is 4.19. The van der Waals surface area contributed by atoms with Crippen LogP contribution >= 0.6 is 0 Å². The van der Waals surface area contributed by atoms with Gasteiger partial charge in [0.2, 0.25) is 0 Å². The Morgan fingerprint density at radius 1 is 1.24 bits per heavy atom. The Morgan fingerprint density at radius 2 is 1.94 bits per heavy atom. The predicted octanol–water partition coefficient (Wildman–Crippen LogP) is 1.44. The van der Waals surface area contributed by atoms with E-state index in [1.54, 1.807) is 12.1 Å². The summed E-state index contributed by atoms with van der Waals surface area (Å²) < 4.78 is 0. The molecule has 0 saturated carbocycles. The molecule has 1 aromatic carbocycles. The summed E-state index contributed by atoms with van der Waals surface area (Å²) in [6, 6.07) is 9.07. The van der Waals surface area contributed by atoms with Crippen molar-refractivity contribution in [1.82, 2.24) is 10.4 Å². The highest BCUT2D eigenvalue weighted by atomic mass is 16.6. The van der Waals surface area contributed by atoms with Crippen LogP contribution in [-0.2, 0) is 4.84 Å². The third kappa shape index (κ3) is 3.84. The van der Waals surface area contributed by atoms with Crippen LogP contribution < -0.4 is 5.48 Å². The molecule has 0 aliphatic carbocycles. The number of nitrogens with zero attached hydrogens (tertiary/aromatic N) is 1. The van der Waals surface area contributed by atoms with Crippen molar-refractivity contribution in [3.63, 3.8) is 0 Å². The molecule has 2 rings (SSSR count). The number of carbonyl (C=O) groups is 1. The molecule has 0 aromatic heterocycles. The summed E-state index contributed by atoms with van der Waals surface area (Å²) >= 11 is 0. The summed E-state index contributed by atoms with van der Waals surface area (Å²) in [5.74, 6) is -0.188. The average Bonchev–Trinajstić information content (AvgIpc) is 2.88. The third-order valence-corrected chi connectivity index (χ3v) is 2.91. The van der Waals surface area contributed by atoms with Crippen LogP contribution in [0.2, 0.25) is 0 Å². The fourth-order valence-electron chi connectivity index (χ4n) is 1.95. The van der Waals surface area contributed by atoms with Gasteiger partial charge in [-0.1, -0.05) is 18.2 Å². The second-order valence-electron chi connectivity index (χ2n) is 4.19. The van der Waals surface area contributed by atoms with Crippen molar-refractivity contribution < 1.29 is 9.63 Å². The molecule has 4 heteroatoms. The Bertz CT molecular complexity index is 348. The fourth-order valence-corrected chi connectivity index (χ4v) is 1.95. The first-order valence-corrected chi connectivity index (χ1v) is 6.06. The number of benzene rings is 1. The average molecular weight is 234 g/mol. The highest BCUT2D eigenvalue weighted by Gasteiger charge is 2.11. The molecule has 1 aromatic rings. The Morgan fingerprint density at radius 3 is 2.65 bits per heavy atom. The molecule has 0 bridgehead atoms. The fraction of sp³-hybridized carbons (Fsp3) is 0.462. The molecule has 0 atom stereocenters. The summed E-state index contributed by atoms with van der Waals surface area (Å²) in [5, 5.41) is 0. The van der Waals surface area contributed by atoms with E-state index in [0.717, 1.165) is 19.6 Å². The first kappa shape index (κ1) is 12.1. The summed E-state index contributed by atoms with van der Waals surface area (Å²) in [6.45, 7) is 3.72. The van der Waals surface area contributed by atoms with Gasteiger partial charge in [-0.2, -0.15) is 0 Å². The highest BCUT2D eigenvalue weighted by molar-refractivity contribution is 5.93. The van der Waals surface area contributed by atoms with Gasteiger partial charge < -0.3 is 4.90 Å². The first-order chi connectivity index (χ1) is 8.36. The molecule has 1 saturated heterocycles. The number of rotatable bonds is 5. The van der Waals surface area contributed by atoms with Crippen molar-refractivity contribution in [2.75, 3.05) is 26.2 Å². The van der Waals surface area contributed by atoms with E-state index in [4.69, 9.17) is 4.84 Å². The van der Waals surface area contributed by atoms with Crippen LogP contribution in [0.5, 0.6) is 0 Å². The molecule has 4 nitrogen and oxygen atoms in total. The van der Waals surface area contributed by atoms with Crippen LogP contribution in [0.1, 0.15) is 23.2 Å². The molecule has 1 N–H and O–H groups in total. The minimum Gasteiger partial charge on any atom is -0.301 e. The molecular formula is C13H18N2O2. The van der Waals surface area contributed by atoms with Gasteiger partial charge >= 0.3 is 0 Å². The molecule has 1 heterocycles. The maximum atomic E-state index is 11.6. The normalized spacial score (nSPS) is 16.0. The van der Waals surface area contributed by atoms with Gasteiger partial charge in [0.25, 0.3) is 5.91 Å². The summed E-state index contributed by atoms with van der Waals surface area (Å²) in [5.41, 5.74) is 3.08. The largest absolute Gasteiger partial charge is 0.301 e. The lowest BCUT2D eigenvalue weighted by Gasteiger charge is -2.14. The smallest absolute Gasteiger partial charge is 0.274 e. The van der Waals surface area contributed by atoms with Gasteiger partial charge in [0.1, 0.15) is 0 Å². The minimum absolute atomic E-state index is 0.188. The summed E-state index contributed by atoms with van der Waals surface area (Å²) in [7, 11) is 0. The van der Waals surface area contributed by atoms with Gasteiger partial charge in [-0.05, 0) is 38.1 Å². The summed E-state index contributed by atoms with van der Waals surface area (Å²) in [4.78, 5) is 19.1. The van der Waals surface area contributed by atoms with Crippen molar-refractivity contribution in [2.24, 2.45) is 0 Å². The first-order valence-electron chi connectivity index (χ1n) is 6.06. The second kappa shape index (κ2) is 6.37. The molecule has 1 aliphatic heterocycles. The molecule has 92 valence electrons. The molecule has 0 radical (unpaired) electrons. The van der Waals surface area contributed by atoms with E-state index in [0.29, 0.717) is 12.2 Å². The number of carbonyl (C=O) groups excluding carboxylic acids is 1. The van der Waals surface area contributed by atoms with Crippen LogP contribution in [0.15, 0.2) is 30.3 Å². The lowest BCUT2D eigenvalue weighted by atomic mass is 10.2. The van der Waals surface area contributed by atoms with Gasteiger partial charge in [-0.15, -0.1) is 0 Å². The topological polar surface area (TPSA) is 41.6 Å². The predicted molar refractivity (Wildman–Crippen MR) is 65.5 cm³/mol. The maximum absolute atomic E-state index is 11.6. The Labute approximate surface area is 102 Å². The van der Waals surface area contributed by atoms with Gasteiger partial charge in [-0.3, -0.25) is 9.63 Å². The van der Waals surface area contributed by atoms with Gasteiger partial charge in [-0.25, -0.2) is 5.48 Å². The van der Waals surface area contributed by atoms with Crippen LogP contribution in [0, 0.1) is 0 Å². The molecule has 1 aliphatic rings. The molecule has 0 unspecified atom stereocenters. The number of hydrogen-bond donors (Lipinski definition) is 1. The standard InChI is InChI=1S/C13H18N2O2/c16-13(12-6-2-1-3-7-12)14-17-11-10-15-8-4-5-9-15/h1-3,6-7H,4-5,8-11H2,(H,14,16). The number of hydroxylamine groups is 1. The van der Waals surface area contributed by atoms with E-state index < -0.39 is 0 Å². The Kier molecular flexibility index (Phi) is 4.53. The van der Waals surface area contributed by atoms with Gasteiger partial charge in [0.05, 0.1) is 6.61 Å². The number of nitrogens with one attached hydrogen (secondary N) is 1. The molecule has 1 fully saturated rings. The van der Waals surface area contributed by atoms with E-state index in [9.17, 15) is 4.79 Å². The number of amides is 1. The number of hydrogen-bond acceptors (Lipinski definition) is 3. The van der Waals surface area contributed by atoms with Crippen molar-refractivity contribution in [1.29, 1.82) is 0 Å². The highest BCUT2D eigenvalue weighted by Crippen LogP contribution is 2.05. The van der Waals surface area contributed by atoms with Crippen LogP contribution in [0.4, 0.5) is 0 Å². The third-order valence-electron chi connectivity index (χ3n) is 2.91. The van der Waals surface area contributed by atoms with E-state index in [1.165, 1.54) is 12.8 Å². The van der Waals surface area contributed by atoms with Crippen LogP contribution in [-0.4, -0.2) is 37.0 Å². The molecule has 1 amide bonds. The lowest BCUT2D eigenvalue weighted by Crippen LogP contribution is -2.30. The zero-order chi connectivity index (χ0) is 11.9. The van der Waals surface area contributed by atoms with Crippen molar-refractivity contribution in [3.05, 3.63) is 35.9 Å². The number of likely N-dealkylation sites (tertiary alicyclic amines) is 1. The van der Waals surface area contributed by atoms with E-state index >= 15 is 0 Å². The van der Waals surface area contributed by atoms with E-state index in [2.05, 4.69) is 10.4 Å². The maximum Gasteiger partial charge on any atom is 0.274 e. The Balaban J connectivity index is 1.63. The molecule has 0 spiro atoms. The van der Waals surface area contributed by atoms with Crippen LogP contribution in [0.3, 0.4) is 0 Å². The van der Waals surface area contributed by atoms with E-state index in [-0.39, 0.29) is 5.91 Å². The van der Waals surface area contributed by atoms with Gasteiger partial charge in [0, 0.05) is 12.1 Å². The van der Waals surface area contributed by atoms with Crippen LogP contribution in [0.25, 0.3) is 0 Å². The Hall–Kier alpha value is -1.39. The summed E-state index contributed by atoms with van der Waals surface area (Å²) in [6.07, 6.45) is 2.55. The van der Waals surface area contributed by atoms with E-state index in [1.807, 2.05) is 18.2 Å². The SMILES string of the molecule is O=C(NOCCN1CCCC1)c1ccccc1. The molecule has 17 heavy (non-hydrogen) atoms. The quantitative estimate of drug-likeness (QED) is 0.619. The van der Waals surface area contributed by atoms with Crippen molar-refractivity contribution in [3.8, 4) is 0 Å². The minimum atomic E-state index is -0.188. The zero-order valence-corrected chi connectivity index (χ0v) is 9.89. The lowest BCUT2D eigenvalue weighted by molar-refractivity contribution is 0.0244. The van der Waals surface area contributed by atoms with Crippen molar-refractivity contribution in [2.45, 2.75) is 12.8 Å². The zero-order valence-electron chi connectivity index (χ0n) is 9.89. The molecular weight excluding hydrogens is 216 g/mol. The van der Waals surface area contributed by atoms with Crippen molar-refractivity contribution >= 4 is 5.91 Å². The van der Waals surface area contributed by atoms with Gasteiger partial charge in [0.15, 0.2) is 0 Å². The monoisotopic (exact) mass is 234 g/mol.